The number of H-pyrrole nitrogens is 1. The zero-order chi connectivity index (χ0) is 13.2. The van der Waals surface area contributed by atoms with E-state index in [9.17, 15) is 4.79 Å². The molecular formula is C12H17N5OS. The monoisotopic (exact) mass is 279 g/mol. The number of hydrogen-bond donors (Lipinski definition) is 2. The van der Waals surface area contributed by atoms with Gasteiger partial charge in [0.2, 0.25) is 0 Å². The van der Waals surface area contributed by atoms with E-state index in [-0.39, 0.29) is 5.69 Å². The molecule has 0 radical (unpaired) electrons. The quantitative estimate of drug-likeness (QED) is 0.889. The molecule has 0 saturated carbocycles. The van der Waals surface area contributed by atoms with Crippen molar-refractivity contribution in [1.29, 1.82) is 0 Å². The van der Waals surface area contributed by atoms with Crippen LogP contribution in [0.15, 0.2) is 10.9 Å². The molecule has 6 nitrogen and oxygen atoms in total. The second kappa shape index (κ2) is 5.24. The number of aromatic amines is 1. The third kappa shape index (κ3) is 2.60. The van der Waals surface area contributed by atoms with Gasteiger partial charge in [0.25, 0.3) is 0 Å². The topological polar surface area (TPSA) is 75.1 Å². The maximum absolute atomic E-state index is 11.5. The molecule has 102 valence electrons. The Labute approximate surface area is 115 Å². The van der Waals surface area contributed by atoms with E-state index in [0.29, 0.717) is 16.7 Å². The third-order valence-corrected chi connectivity index (χ3v) is 4.75. The van der Waals surface area contributed by atoms with Crippen molar-refractivity contribution >= 4 is 23.2 Å². The van der Waals surface area contributed by atoms with Crippen LogP contribution in [0.2, 0.25) is 0 Å². The molecule has 3 heterocycles. The number of hydrogen-bond acceptors (Lipinski definition) is 5. The van der Waals surface area contributed by atoms with Crippen molar-refractivity contribution in [3.05, 3.63) is 22.4 Å². The molecule has 3 rings (SSSR count). The van der Waals surface area contributed by atoms with Crippen LogP contribution in [-0.4, -0.2) is 37.1 Å². The number of nitrogens with zero attached hydrogens (tertiary/aromatic N) is 3. The molecule has 1 unspecified atom stereocenters. The van der Waals surface area contributed by atoms with Gasteiger partial charge < -0.3 is 5.32 Å². The van der Waals surface area contributed by atoms with Crippen molar-refractivity contribution < 1.29 is 0 Å². The van der Waals surface area contributed by atoms with E-state index in [1.165, 1.54) is 29.4 Å². The Hall–Kier alpha value is -1.50. The molecule has 0 amide bonds. The smallest absolute Gasteiger partial charge is 0.349 e. The van der Waals surface area contributed by atoms with Crippen molar-refractivity contribution in [3.8, 4) is 0 Å². The molecule has 2 aromatic rings. The fourth-order valence-corrected chi connectivity index (χ4v) is 3.61. The zero-order valence-electron chi connectivity index (χ0n) is 10.8. The Morgan fingerprint density at radius 1 is 1.58 bits per heavy atom. The van der Waals surface area contributed by atoms with Crippen molar-refractivity contribution in [3.63, 3.8) is 0 Å². The lowest BCUT2D eigenvalue weighted by Gasteiger charge is -2.21. The minimum Gasteiger partial charge on any atom is -0.369 e. The molecule has 19 heavy (non-hydrogen) atoms. The summed E-state index contributed by atoms with van der Waals surface area (Å²) in [7, 11) is 0. The van der Waals surface area contributed by atoms with E-state index >= 15 is 0 Å². The third-order valence-electron chi connectivity index (χ3n) is 3.35. The normalized spacial score (nSPS) is 19.7. The van der Waals surface area contributed by atoms with Gasteiger partial charge in [-0.2, -0.15) is 16.9 Å². The lowest BCUT2D eigenvalue weighted by atomic mass is 10.2. The molecule has 0 spiro atoms. The second-order valence-electron chi connectivity index (χ2n) is 4.78. The van der Waals surface area contributed by atoms with Crippen molar-refractivity contribution in [2.24, 2.45) is 0 Å². The van der Waals surface area contributed by atoms with E-state index in [2.05, 4.69) is 20.5 Å². The fraction of sp³-hybridized carbons (Fsp3) is 0.583. The molecule has 1 aliphatic heterocycles. The predicted molar refractivity (Wildman–Crippen MR) is 76.9 cm³/mol. The summed E-state index contributed by atoms with van der Waals surface area (Å²) in [5.74, 6) is 2.69. The van der Waals surface area contributed by atoms with E-state index in [0.717, 1.165) is 12.4 Å². The van der Waals surface area contributed by atoms with Crippen LogP contribution in [0.1, 0.15) is 25.1 Å². The maximum Gasteiger partial charge on any atom is 0.349 e. The van der Waals surface area contributed by atoms with Crippen LogP contribution in [0.25, 0.3) is 5.65 Å². The number of thioether (sulfide) groups is 1. The maximum atomic E-state index is 11.5. The van der Waals surface area contributed by atoms with Gasteiger partial charge in [0.1, 0.15) is 11.6 Å². The molecule has 0 bridgehead atoms. The second-order valence-corrected chi connectivity index (χ2v) is 6.19. The van der Waals surface area contributed by atoms with Gasteiger partial charge in [-0.3, -0.25) is 0 Å². The Morgan fingerprint density at radius 2 is 2.47 bits per heavy atom. The van der Waals surface area contributed by atoms with E-state index < -0.39 is 0 Å². The number of rotatable bonds is 3. The van der Waals surface area contributed by atoms with Crippen molar-refractivity contribution in [2.45, 2.75) is 31.4 Å². The highest BCUT2D eigenvalue weighted by Crippen LogP contribution is 2.25. The van der Waals surface area contributed by atoms with Crippen LogP contribution >= 0.6 is 11.8 Å². The van der Waals surface area contributed by atoms with Crippen LogP contribution in [0.5, 0.6) is 0 Å². The molecule has 7 heteroatoms. The molecule has 2 N–H and O–H groups in total. The standard InChI is InChI=1S/C12H17N5OS/c1-8-14-10(6-11-15-16-12(18)17(8)11)13-7-9-4-2-3-5-19-9/h6,9,13H,2-5,7H2,1H3,(H,16,18). The highest BCUT2D eigenvalue weighted by molar-refractivity contribution is 7.99. The predicted octanol–water partition coefficient (Wildman–Crippen LogP) is 1.42. The summed E-state index contributed by atoms with van der Waals surface area (Å²) in [4.78, 5) is 15.9. The molecule has 1 fully saturated rings. The average molecular weight is 279 g/mol. The Morgan fingerprint density at radius 3 is 3.26 bits per heavy atom. The summed E-state index contributed by atoms with van der Waals surface area (Å²) in [6.45, 7) is 2.73. The van der Waals surface area contributed by atoms with E-state index in [1.54, 1.807) is 6.07 Å². The summed E-state index contributed by atoms with van der Waals surface area (Å²) in [6, 6.07) is 1.80. The molecule has 1 aliphatic rings. The van der Waals surface area contributed by atoms with E-state index in [4.69, 9.17) is 0 Å². The Balaban J connectivity index is 1.75. The fourth-order valence-electron chi connectivity index (χ4n) is 2.37. The summed E-state index contributed by atoms with van der Waals surface area (Å²) in [5, 5.41) is 10.4. The van der Waals surface area contributed by atoms with Crippen LogP contribution in [0.3, 0.4) is 0 Å². The lowest BCUT2D eigenvalue weighted by molar-refractivity contribution is 0.676. The summed E-state index contributed by atoms with van der Waals surface area (Å²) < 4.78 is 1.47. The van der Waals surface area contributed by atoms with E-state index in [1.807, 2.05) is 18.7 Å². The zero-order valence-corrected chi connectivity index (χ0v) is 11.7. The number of nitrogens with one attached hydrogen (secondary N) is 2. The van der Waals surface area contributed by atoms with Gasteiger partial charge in [0, 0.05) is 17.9 Å². The van der Waals surface area contributed by atoms with Crippen molar-refractivity contribution in [2.75, 3.05) is 17.6 Å². The first-order valence-electron chi connectivity index (χ1n) is 6.54. The molecular weight excluding hydrogens is 262 g/mol. The number of anilines is 1. The first-order chi connectivity index (χ1) is 9.24. The summed E-state index contributed by atoms with van der Waals surface area (Å²) in [5.41, 5.74) is 0.366. The lowest BCUT2D eigenvalue weighted by Crippen LogP contribution is -2.21. The van der Waals surface area contributed by atoms with Gasteiger partial charge in [-0.1, -0.05) is 6.42 Å². The molecule has 1 atom stereocenters. The van der Waals surface area contributed by atoms with Crippen LogP contribution < -0.4 is 11.0 Å². The Bertz CT molecular complexity index is 629. The van der Waals surface area contributed by atoms with Crippen molar-refractivity contribution in [1.82, 2.24) is 19.6 Å². The van der Waals surface area contributed by atoms with Gasteiger partial charge in [-0.15, -0.1) is 0 Å². The highest BCUT2D eigenvalue weighted by atomic mass is 32.2. The minimum atomic E-state index is -0.241. The average Bonchev–Trinajstić information content (AvgIpc) is 2.80. The molecule has 1 saturated heterocycles. The largest absolute Gasteiger partial charge is 0.369 e. The molecule has 0 aliphatic carbocycles. The minimum absolute atomic E-state index is 0.241. The number of fused-ring (bicyclic) bond motifs is 1. The van der Waals surface area contributed by atoms with Gasteiger partial charge in [-0.25, -0.2) is 19.3 Å². The molecule has 0 aromatic carbocycles. The SMILES string of the molecule is Cc1nc(NCC2CCCCS2)cc2n[nH]c(=O)n12. The van der Waals surface area contributed by atoms with Crippen LogP contribution in [0, 0.1) is 6.92 Å². The first kappa shape index (κ1) is 12.5. The van der Waals surface area contributed by atoms with Gasteiger partial charge in [0.05, 0.1) is 0 Å². The summed E-state index contributed by atoms with van der Waals surface area (Å²) in [6.07, 6.45) is 3.92. The van der Waals surface area contributed by atoms with Gasteiger partial charge in [0.15, 0.2) is 5.65 Å². The first-order valence-corrected chi connectivity index (χ1v) is 7.59. The summed E-state index contributed by atoms with van der Waals surface area (Å²) >= 11 is 2.03. The van der Waals surface area contributed by atoms with Crippen LogP contribution in [0.4, 0.5) is 5.82 Å². The highest BCUT2D eigenvalue weighted by Gasteiger charge is 2.14. The Kier molecular flexibility index (Phi) is 3.46. The van der Waals surface area contributed by atoms with Gasteiger partial charge >= 0.3 is 5.69 Å². The number of aryl methyl sites for hydroxylation is 1. The number of aromatic nitrogens is 4. The van der Waals surface area contributed by atoms with Gasteiger partial charge in [-0.05, 0) is 25.5 Å². The van der Waals surface area contributed by atoms with Crippen LogP contribution in [-0.2, 0) is 0 Å². The molecule has 2 aromatic heterocycles.